The molecular formula is C29H29BrN2O4. The van der Waals surface area contributed by atoms with E-state index in [-0.39, 0.29) is 11.8 Å². The first kappa shape index (κ1) is 25.5. The van der Waals surface area contributed by atoms with Crippen LogP contribution in [0.25, 0.3) is 6.08 Å². The van der Waals surface area contributed by atoms with E-state index in [1.807, 2.05) is 75.4 Å². The fraction of sp³-hybridized carbons (Fsp3) is 0.241. The third kappa shape index (κ3) is 4.51. The lowest BCUT2D eigenvalue weighted by molar-refractivity contribution is -0.144. The lowest BCUT2D eigenvalue weighted by Crippen LogP contribution is -2.50. The molecule has 0 aromatic heterocycles. The van der Waals surface area contributed by atoms with E-state index in [0.29, 0.717) is 28.3 Å². The number of anilines is 1. The first-order valence-corrected chi connectivity index (χ1v) is 12.3. The summed E-state index contributed by atoms with van der Waals surface area (Å²) in [7, 11) is 3.12. The fourth-order valence-corrected chi connectivity index (χ4v) is 4.72. The van der Waals surface area contributed by atoms with Crippen molar-refractivity contribution in [1.29, 1.82) is 0 Å². The number of methoxy groups -OCH3 is 2. The van der Waals surface area contributed by atoms with Crippen molar-refractivity contribution in [2.24, 2.45) is 0 Å². The Hall–Kier alpha value is -3.58. The number of halogens is 1. The molecule has 0 aliphatic carbocycles. The third-order valence-corrected chi connectivity index (χ3v) is 6.66. The second-order valence-corrected chi connectivity index (χ2v) is 10.5. The van der Waals surface area contributed by atoms with Crippen LogP contribution in [0, 0.1) is 0 Å². The fourth-order valence-electron chi connectivity index (χ4n) is 4.45. The SMILES string of the molecule is COc1ccc(NC2(c3ccc(Br)cc3)C(=O)N(C(C)(C)C)C(=O)C2=Cc2ccccc2)cc1OC. The molecule has 2 amide bonds. The molecule has 0 bridgehead atoms. The molecular weight excluding hydrogens is 520 g/mol. The highest BCUT2D eigenvalue weighted by atomic mass is 79.9. The molecule has 1 unspecified atom stereocenters. The molecule has 3 aromatic rings. The van der Waals surface area contributed by atoms with Gasteiger partial charge in [0.05, 0.1) is 19.8 Å². The Labute approximate surface area is 220 Å². The molecule has 36 heavy (non-hydrogen) atoms. The van der Waals surface area contributed by atoms with Crippen molar-refractivity contribution in [2.45, 2.75) is 31.8 Å². The van der Waals surface area contributed by atoms with Crippen LogP contribution in [-0.2, 0) is 15.1 Å². The molecule has 1 saturated heterocycles. The Balaban J connectivity index is 2.01. The van der Waals surface area contributed by atoms with Crippen molar-refractivity contribution in [2.75, 3.05) is 19.5 Å². The zero-order valence-electron chi connectivity index (χ0n) is 21.0. The molecule has 0 saturated carbocycles. The predicted molar refractivity (Wildman–Crippen MR) is 145 cm³/mol. The van der Waals surface area contributed by atoms with Gasteiger partial charge in [0.2, 0.25) is 0 Å². The number of hydrogen-bond acceptors (Lipinski definition) is 5. The van der Waals surface area contributed by atoms with Gasteiger partial charge in [-0.25, -0.2) is 0 Å². The van der Waals surface area contributed by atoms with E-state index in [4.69, 9.17) is 9.47 Å². The van der Waals surface area contributed by atoms with E-state index in [2.05, 4.69) is 21.2 Å². The number of amides is 2. The molecule has 4 rings (SSSR count). The smallest absolute Gasteiger partial charge is 0.265 e. The van der Waals surface area contributed by atoms with Gasteiger partial charge >= 0.3 is 0 Å². The minimum Gasteiger partial charge on any atom is -0.493 e. The zero-order valence-corrected chi connectivity index (χ0v) is 22.5. The lowest BCUT2D eigenvalue weighted by atomic mass is 9.82. The summed E-state index contributed by atoms with van der Waals surface area (Å²) in [6, 6.07) is 22.3. The van der Waals surface area contributed by atoms with Gasteiger partial charge in [-0.15, -0.1) is 0 Å². The van der Waals surface area contributed by atoms with Crippen LogP contribution >= 0.6 is 15.9 Å². The van der Waals surface area contributed by atoms with Crippen molar-refractivity contribution < 1.29 is 19.1 Å². The summed E-state index contributed by atoms with van der Waals surface area (Å²) >= 11 is 3.49. The standard InChI is InChI=1S/C29H29BrN2O4/c1-28(2,3)32-26(33)23(17-19-9-7-6-8-10-19)29(27(32)34,20-11-13-21(30)14-12-20)31-22-15-16-24(35-4)25(18-22)36-5/h6-18,31H,1-5H3. The Morgan fingerprint density at radius 1 is 0.889 bits per heavy atom. The normalized spacial score (nSPS) is 19.1. The molecule has 0 spiro atoms. The summed E-state index contributed by atoms with van der Waals surface area (Å²) in [5.41, 5.74) is 0.200. The maximum atomic E-state index is 14.4. The molecule has 0 radical (unpaired) electrons. The average molecular weight is 549 g/mol. The average Bonchev–Trinajstić information content (AvgIpc) is 3.06. The van der Waals surface area contributed by atoms with Gasteiger partial charge in [-0.05, 0) is 62.2 Å². The number of imide groups is 1. The quantitative estimate of drug-likeness (QED) is 0.301. The first-order chi connectivity index (χ1) is 17.1. The van der Waals surface area contributed by atoms with E-state index >= 15 is 0 Å². The van der Waals surface area contributed by atoms with Gasteiger partial charge in [0, 0.05) is 21.8 Å². The molecule has 1 heterocycles. The van der Waals surface area contributed by atoms with Gasteiger partial charge in [0.25, 0.3) is 11.8 Å². The van der Waals surface area contributed by atoms with Crippen molar-refractivity contribution in [3.8, 4) is 11.5 Å². The summed E-state index contributed by atoms with van der Waals surface area (Å²) < 4.78 is 11.7. The second kappa shape index (κ2) is 9.82. The molecule has 6 nitrogen and oxygen atoms in total. The van der Waals surface area contributed by atoms with Crippen LogP contribution in [0.5, 0.6) is 11.5 Å². The maximum Gasteiger partial charge on any atom is 0.265 e. The maximum absolute atomic E-state index is 14.4. The number of ether oxygens (including phenoxy) is 2. The zero-order chi connectivity index (χ0) is 26.1. The van der Waals surface area contributed by atoms with Crippen molar-refractivity contribution in [3.63, 3.8) is 0 Å². The van der Waals surface area contributed by atoms with E-state index in [9.17, 15) is 9.59 Å². The molecule has 3 aromatic carbocycles. The summed E-state index contributed by atoms with van der Waals surface area (Å²) in [5.74, 6) is 0.379. The third-order valence-electron chi connectivity index (χ3n) is 6.14. The Kier molecular flexibility index (Phi) is 6.96. The van der Waals surface area contributed by atoms with Crippen molar-refractivity contribution in [1.82, 2.24) is 4.90 Å². The minimum atomic E-state index is -1.47. The molecule has 1 N–H and O–H groups in total. The molecule has 1 aliphatic heterocycles. The van der Waals surface area contributed by atoms with Crippen LogP contribution in [0.1, 0.15) is 31.9 Å². The molecule has 1 fully saturated rings. The van der Waals surface area contributed by atoms with Crippen LogP contribution < -0.4 is 14.8 Å². The Morgan fingerprint density at radius 3 is 2.11 bits per heavy atom. The minimum absolute atomic E-state index is 0.339. The number of carbonyl (C=O) groups excluding carboxylic acids is 2. The van der Waals surface area contributed by atoms with Gasteiger partial charge in [-0.3, -0.25) is 14.5 Å². The largest absolute Gasteiger partial charge is 0.493 e. The Morgan fingerprint density at radius 2 is 1.53 bits per heavy atom. The number of nitrogens with zero attached hydrogens (tertiary/aromatic N) is 1. The molecule has 7 heteroatoms. The predicted octanol–water partition coefficient (Wildman–Crippen LogP) is 6.02. The van der Waals surface area contributed by atoms with Crippen molar-refractivity contribution in [3.05, 3.63) is 94.0 Å². The summed E-state index contributed by atoms with van der Waals surface area (Å²) in [6.07, 6.45) is 1.79. The van der Waals surface area contributed by atoms with Crippen LogP contribution in [-0.4, -0.2) is 36.5 Å². The van der Waals surface area contributed by atoms with E-state index in [1.165, 1.54) is 4.90 Å². The van der Waals surface area contributed by atoms with Gasteiger partial charge in [0.15, 0.2) is 17.0 Å². The number of likely N-dealkylation sites (tertiary alicyclic amines) is 1. The first-order valence-electron chi connectivity index (χ1n) is 11.5. The van der Waals surface area contributed by atoms with Gasteiger partial charge in [-0.1, -0.05) is 58.4 Å². The highest BCUT2D eigenvalue weighted by molar-refractivity contribution is 9.10. The molecule has 1 atom stereocenters. The Bertz CT molecular complexity index is 1310. The molecule has 186 valence electrons. The number of nitrogens with one attached hydrogen (secondary N) is 1. The molecule has 1 aliphatic rings. The van der Waals surface area contributed by atoms with E-state index in [0.717, 1.165) is 10.0 Å². The topological polar surface area (TPSA) is 67.9 Å². The second-order valence-electron chi connectivity index (χ2n) is 9.54. The van der Waals surface area contributed by atoms with Crippen LogP contribution in [0.15, 0.2) is 82.8 Å². The summed E-state index contributed by atoms with van der Waals surface area (Å²) in [4.78, 5) is 29.7. The number of benzene rings is 3. The summed E-state index contributed by atoms with van der Waals surface area (Å²) in [6.45, 7) is 5.57. The number of carbonyl (C=O) groups is 2. The lowest BCUT2D eigenvalue weighted by Gasteiger charge is -2.34. The van der Waals surface area contributed by atoms with Gasteiger partial charge in [-0.2, -0.15) is 0 Å². The van der Waals surface area contributed by atoms with E-state index in [1.54, 1.807) is 38.5 Å². The highest BCUT2D eigenvalue weighted by Gasteiger charge is 2.59. The number of rotatable bonds is 6. The van der Waals surface area contributed by atoms with E-state index < -0.39 is 11.1 Å². The summed E-state index contributed by atoms with van der Waals surface area (Å²) in [5, 5.41) is 3.44. The number of hydrogen-bond donors (Lipinski definition) is 1. The van der Waals surface area contributed by atoms with Crippen LogP contribution in [0.3, 0.4) is 0 Å². The highest BCUT2D eigenvalue weighted by Crippen LogP contribution is 2.46. The van der Waals surface area contributed by atoms with Crippen molar-refractivity contribution >= 4 is 39.5 Å². The monoisotopic (exact) mass is 548 g/mol. The van der Waals surface area contributed by atoms with Crippen LogP contribution in [0.2, 0.25) is 0 Å². The van der Waals surface area contributed by atoms with Gasteiger partial charge in [0.1, 0.15) is 0 Å². The van der Waals surface area contributed by atoms with Crippen LogP contribution in [0.4, 0.5) is 5.69 Å². The van der Waals surface area contributed by atoms with Gasteiger partial charge < -0.3 is 14.8 Å².